The Balaban J connectivity index is 1.72. The fourth-order valence-corrected chi connectivity index (χ4v) is 3.66. The van der Waals surface area contributed by atoms with Crippen LogP contribution in [0.15, 0.2) is 42.5 Å². The first-order chi connectivity index (χ1) is 12.2. The quantitative estimate of drug-likeness (QED) is 0.745. The first-order valence-electron chi connectivity index (χ1n) is 7.79. The van der Waals surface area contributed by atoms with Crippen LogP contribution >= 0.6 is 23.2 Å². The Morgan fingerprint density at radius 1 is 1.16 bits per heavy atom. The third-order valence-corrected chi connectivity index (χ3v) is 4.95. The molecule has 0 aliphatic carbocycles. The van der Waals surface area contributed by atoms with E-state index in [4.69, 9.17) is 27.9 Å². The highest BCUT2D eigenvalue weighted by atomic mass is 35.5. The Morgan fingerprint density at radius 2 is 1.96 bits per heavy atom. The molecule has 0 radical (unpaired) electrons. The van der Waals surface area contributed by atoms with E-state index in [0.717, 1.165) is 23.3 Å². The van der Waals surface area contributed by atoms with Gasteiger partial charge in [0, 0.05) is 10.0 Å². The molecule has 1 aliphatic rings. The zero-order valence-electron chi connectivity index (χ0n) is 13.4. The number of anilines is 1. The second-order valence-corrected chi connectivity index (χ2v) is 6.68. The summed E-state index contributed by atoms with van der Waals surface area (Å²) in [7, 11) is 1.65. The predicted octanol–water partition coefficient (Wildman–Crippen LogP) is 4.13. The van der Waals surface area contributed by atoms with Gasteiger partial charge in [-0.2, -0.15) is 0 Å². The van der Waals surface area contributed by atoms with Gasteiger partial charge in [0.1, 0.15) is 5.75 Å². The van der Waals surface area contributed by atoms with E-state index in [9.17, 15) is 0 Å². The van der Waals surface area contributed by atoms with E-state index in [1.54, 1.807) is 17.9 Å². The van der Waals surface area contributed by atoms with Crippen molar-refractivity contribution >= 4 is 29.2 Å². The van der Waals surface area contributed by atoms with Crippen molar-refractivity contribution in [3.8, 4) is 5.75 Å². The van der Waals surface area contributed by atoms with E-state index >= 15 is 0 Å². The van der Waals surface area contributed by atoms with Crippen LogP contribution in [0.2, 0.25) is 10.0 Å². The SMILES string of the molecule is COc1ccc([C@H]2C[C@H](c3ccc(Cl)cc3Cl)n3nnnc3N2)cc1. The van der Waals surface area contributed by atoms with E-state index in [-0.39, 0.29) is 12.1 Å². The lowest BCUT2D eigenvalue weighted by Gasteiger charge is -2.31. The predicted molar refractivity (Wildman–Crippen MR) is 96.4 cm³/mol. The lowest BCUT2D eigenvalue weighted by Crippen LogP contribution is -2.28. The molecule has 1 aromatic heterocycles. The smallest absolute Gasteiger partial charge is 0.243 e. The minimum Gasteiger partial charge on any atom is -0.497 e. The normalized spacial score (nSPS) is 19.2. The zero-order chi connectivity index (χ0) is 17.4. The molecule has 0 unspecified atom stereocenters. The van der Waals surface area contributed by atoms with Gasteiger partial charge in [0.05, 0.1) is 19.2 Å². The minimum atomic E-state index is -0.0804. The van der Waals surface area contributed by atoms with Crippen LogP contribution < -0.4 is 10.1 Å². The van der Waals surface area contributed by atoms with Gasteiger partial charge >= 0.3 is 0 Å². The largest absolute Gasteiger partial charge is 0.497 e. The van der Waals surface area contributed by atoms with Crippen molar-refractivity contribution in [2.75, 3.05) is 12.4 Å². The number of ether oxygens (including phenoxy) is 1. The molecule has 25 heavy (non-hydrogen) atoms. The Labute approximate surface area is 154 Å². The molecule has 1 N–H and O–H groups in total. The van der Waals surface area contributed by atoms with E-state index in [1.807, 2.05) is 36.4 Å². The third-order valence-electron chi connectivity index (χ3n) is 4.39. The van der Waals surface area contributed by atoms with Crippen LogP contribution in [-0.4, -0.2) is 27.3 Å². The Hall–Kier alpha value is -2.31. The first-order valence-corrected chi connectivity index (χ1v) is 8.54. The molecule has 2 atom stereocenters. The second kappa shape index (κ2) is 6.54. The maximum atomic E-state index is 6.43. The van der Waals surface area contributed by atoms with E-state index in [1.165, 1.54) is 0 Å². The third kappa shape index (κ3) is 3.03. The fraction of sp³-hybridized carbons (Fsp3) is 0.235. The molecule has 3 aromatic rings. The average molecular weight is 376 g/mol. The van der Waals surface area contributed by atoms with Crippen molar-refractivity contribution < 1.29 is 4.74 Å². The molecule has 8 heteroatoms. The highest BCUT2D eigenvalue weighted by Gasteiger charge is 2.31. The fourth-order valence-electron chi connectivity index (χ4n) is 3.12. The van der Waals surface area contributed by atoms with Gasteiger partial charge in [-0.3, -0.25) is 0 Å². The Kier molecular flexibility index (Phi) is 4.23. The van der Waals surface area contributed by atoms with Gasteiger partial charge in [-0.15, -0.1) is 0 Å². The molecule has 6 nitrogen and oxygen atoms in total. The summed E-state index contributed by atoms with van der Waals surface area (Å²) in [5.74, 6) is 1.43. The average Bonchev–Trinajstić information content (AvgIpc) is 3.10. The second-order valence-electron chi connectivity index (χ2n) is 5.83. The van der Waals surface area contributed by atoms with Gasteiger partial charge in [-0.25, -0.2) is 4.68 Å². The highest BCUT2D eigenvalue weighted by Crippen LogP contribution is 2.40. The number of hydrogen-bond acceptors (Lipinski definition) is 5. The summed E-state index contributed by atoms with van der Waals surface area (Å²) >= 11 is 12.5. The number of benzene rings is 2. The van der Waals surface area contributed by atoms with Crippen molar-refractivity contribution in [2.24, 2.45) is 0 Å². The molecule has 0 saturated heterocycles. The topological polar surface area (TPSA) is 64.9 Å². The van der Waals surface area contributed by atoms with Gasteiger partial charge in [-0.1, -0.05) is 46.5 Å². The Bertz CT molecular complexity index is 896. The van der Waals surface area contributed by atoms with Crippen LogP contribution in [0, 0.1) is 0 Å². The number of methoxy groups -OCH3 is 1. The number of nitrogens with one attached hydrogen (secondary N) is 1. The summed E-state index contributed by atoms with van der Waals surface area (Å²) in [5, 5.41) is 16.6. The maximum absolute atomic E-state index is 6.43. The van der Waals surface area contributed by atoms with Crippen LogP contribution in [0.3, 0.4) is 0 Å². The van der Waals surface area contributed by atoms with Gasteiger partial charge in [0.15, 0.2) is 0 Å². The molecule has 2 heterocycles. The van der Waals surface area contributed by atoms with Gasteiger partial charge < -0.3 is 10.1 Å². The molecule has 2 aromatic carbocycles. The van der Waals surface area contributed by atoms with Crippen LogP contribution in [0.1, 0.15) is 29.6 Å². The standard InChI is InChI=1S/C17H15Cl2N5O/c1-25-12-5-2-10(3-6-12)15-9-16(24-17(20-15)21-22-23-24)13-7-4-11(18)8-14(13)19/h2-8,15-16H,9H2,1H3,(H,20,21,23)/t15-,16-/m1/s1. The van der Waals surface area contributed by atoms with Crippen molar-refractivity contribution in [1.29, 1.82) is 0 Å². The summed E-state index contributed by atoms with van der Waals surface area (Å²) in [4.78, 5) is 0. The summed E-state index contributed by atoms with van der Waals surface area (Å²) in [6.07, 6.45) is 0.756. The summed E-state index contributed by atoms with van der Waals surface area (Å²) in [5.41, 5.74) is 2.07. The van der Waals surface area contributed by atoms with E-state index in [2.05, 4.69) is 20.8 Å². The van der Waals surface area contributed by atoms with Gasteiger partial charge in [-0.05, 0) is 52.2 Å². The molecule has 0 saturated carbocycles. The molecular formula is C17H15Cl2N5O. The molecule has 0 fully saturated rings. The van der Waals surface area contributed by atoms with E-state index < -0.39 is 0 Å². The lowest BCUT2D eigenvalue weighted by molar-refractivity contribution is 0.412. The first kappa shape index (κ1) is 16.2. The summed E-state index contributed by atoms with van der Waals surface area (Å²) in [6.45, 7) is 0. The van der Waals surface area contributed by atoms with E-state index in [0.29, 0.717) is 16.0 Å². The minimum absolute atomic E-state index is 0.0566. The molecule has 128 valence electrons. The van der Waals surface area contributed by atoms with Crippen LogP contribution in [0.5, 0.6) is 5.75 Å². The summed E-state index contributed by atoms with van der Waals surface area (Å²) < 4.78 is 6.99. The monoisotopic (exact) mass is 375 g/mol. The van der Waals surface area contributed by atoms with Gasteiger partial charge in [0.2, 0.25) is 5.95 Å². The highest BCUT2D eigenvalue weighted by molar-refractivity contribution is 6.35. The van der Waals surface area contributed by atoms with Crippen LogP contribution in [0.4, 0.5) is 5.95 Å². The number of tetrazole rings is 1. The molecule has 4 rings (SSSR count). The number of aromatic nitrogens is 4. The molecule has 0 amide bonds. The lowest BCUT2D eigenvalue weighted by atomic mass is 9.93. The van der Waals surface area contributed by atoms with Gasteiger partial charge in [0.25, 0.3) is 0 Å². The van der Waals surface area contributed by atoms with Crippen LogP contribution in [-0.2, 0) is 0 Å². The number of halogens is 2. The van der Waals surface area contributed by atoms with Crippen molar-refractivity contribution in [1.82, 2.24) is 20.2 Å². The molecular weight excluding hydrogens is 361 g/mol. The van der Waals surface area contributed by atoms with Crippen molar-refractivity contribution in [3.63, 3.8) is 0 Å². The maximum Gasteiger partial charge on any atom is 0.243 e. The molecule has 0 bridgehead atoms. The summed E-state index contributed by atoms with van der Waals surface area (Å²) in [6, 6.07) is 13.4. The number of fused-ring (bicyclic) bond motifs is 1. The molecule has 1 aliphatic heterocycles. The van der Waals surface area contributed by atoms with Crippen LogP contribution in [0.25, 0.3) is 0 Å². The zero-order valence-corrected chi connectivity index (χ0v) is 14.9. The number of hydrogen-bond donors (Lipinski definition) is 1. The van der Waals surface area contributed by atoms with Crippen molar-refractivity contribution in [2.45, 2.75) is 18.5 Å². The Morgan fingerprint density at radius 3 is 2.68 bits per heavy atom. The number of nitrogens with zero attached hydrogens (tertiary/aromatic N) is 4. The van der Waals surface area contributed by atoms with Crippen molar-refractivity contribution in [3.05, 3.63) is 63.6 Å². The number of rotatable bonds is 3. The molecule has 0 spiro atoms.